The largest absolute Gasteiger partial charge is 0.366 e. The van der Waals surface area contributed by atoms with E-state index >= 15 is 0 Å². The summed E-state index contributed by atoms with van der Waals surface area (Å²) < 4.78 is 6.34. The molecule has 2 saturated carbocycles. The number of aromatic amines is 1. The third-order valence-electron chi connectivity index (χ3n) is 5.57. The molecule has 130 valence electrons. The lowest BCUT2D eigenvalue weighted by Crippen LogP contribution is -2.47. The predicted molar refractivity (Wildman–Crippen MR) is 93.2 cm³/mol. The quantitative estimate of drug-likeness (QED) is 0.931. The zero-order valence-corrected chi connectivity index (χ0v) is 14.2. The topological polar surface area (TPSA) is 58.2 Å². The lowest BCUT2D eigenvalue weighted by molar-refractivity contribution is -0.0865. The number of morpholine rings is 1. The van der Waals surface area contributed by atoms with Crippen LogP contribution in [-0.4, -0.2) is 40.2 Å². The first-order chi connectivity index (χ1) is 12.3. The van der Waals surface area contributed by atoms with Crippen LogP contribution < -0.4 is 0 Å². The molecule has 5 nitrogen and oxygen atoms in total. The van der Waals surface area contributed by atoms with E-state index in [2.05, 4.69) is 22.3 Å². The van der Waals surface area contributed by atoms with E-state index in [0.29, 0.717) is 30.6 Å². The number of amides is 1. The molecule has 1 saturated heterocycles. The van der Waals surface area contributed by atoms with Gasteiger partial charge in [-0.3, -0.25) is 9.89 Å². The number of hydrogen-bond donors (Lipinski definition) is 1. The zero-order chi connectivity index (χ0) is 16.8. The van der Waals surface area contributed by atoms with Crippen molar-refractivity contribution in [1.29, 1.82) is 0 Å². The molecule has 1 N–H and O–H groups in total. The molecule has 3 fully saturated rings. The van der Waals surface area contributed by atoms with E-state index in [4.69, 9.17) is 4.74 Å². The molecule has 0 radical (unpaired) electrons. The molecule has 1 aliphatic heterocycles. The number of rotatable bonds is 4. The highest BCUT2D eigenvalue weighted by Crippen LogP contribution is 2.41. The molecule has 2 aromatic rings. The summed E-state index contributed by atoms with van der Waals surface area (Å²) in [6, 6.07) is 12.2. The van der Waals surface area contributed by atoms with Gasteiger partial charge in [-0.05, 0) is 43.2 Å². The van der Waals surface area contributed by atoms with Crippen LogP contribution in [0.1, 0.15) is 59.5 Å². The second kappa shape index (κ2) is 5.99. The van der Waals surface area contributed by atoms with Gasteiger partial charge in [0.2, 0.25) is 0 Å². The minimum Gasteiger partial charge on any atom is -0.366 e. The van der Waals surface area contributed by atoms with Crippen LogP contribution in [0.3, 0.4) is 0 Å². The summed E-state index contributed by atoms with van der Waals surface area (Å²) >= 11 is 0. The first kappa shape index (κ1) is 15.1. The molecule has 0 unspecified atom stereocenters. The van der Waals surface area contributed by atoms with Gasteiger partial charge in [0.15, 0.2) is 0 Å². The summed E-state index contributed by atoms with van der Waals surface area (Å²) in [6.45, 7) is 1.27. The average Bonchev–Trinajstić information content (AvgIpc) is 3.60. The van der Waals surface area contributed by atoms with Crippen LogP contribution in [0.25, 0.3) is 0 Å². The van der Waals surface area contributed by atoms with E-state index < -0.39 is 0 Å². The number of nitrogens with zero attached hydrogens (tertiary/aromatic N) is 2. The standard InChI is InChI=1S/C20H23N3O2/c24-20(17-10-16(21-22-17)13-6-7-13)23-11-18(14-4-2-1-3-5-14)25-19(12-23)15-8-9-15/h1-5,10,13,15,18-19H,6-9,11-12H2,(H,21,22)/t18-,19+/m0/s1. The van der Waals surface area contributed by atoms with Gasteiger partial charge in [-0.1, -0.05) is 30.3 Å². The summed E-state index contributed by atoms with van der Waals surface area (Å²) in [5.41, 5.74) is 2.80. The molecule has 1 amide bonds. The number of benzene rings is 1. The first-order valence-electron chi connectivity index (χ1n) is 9.33. The summed E-state index contributed by atoms with van der Waals surface area (Å²) in [4.78, 5) is 15.0. The molecule has 2 atom stereocenters. The SMILES string of the molecule is O=C(c1cc(C2CC2)[nH]n1)N1C[C@@H](c2ccccc2)O[C@@H](C2CC2)C1. The second-order valence-corrected chi connectivity index (χ2v) is 7.60. The van der Waals surface area contributed by atoms with Gasteiger partial charge in [0.1, 0.15) is 11.8 Å². The van der Waals surface area contributed by atoms with Gasteiger partial charge in [0, 0.05) is 18.2 Å². The van der Waals surface area contributed by atoms with E-state index in [0.717, 1.165) is 11.3 Å². The fourth-order valence-electron chi connectivity index (χ4n) is 3.75. The molecule has 5 heteroatoms. The Morgan fingerprint density at radius 1 is 1.12 bits per heavy atom. The third kappa shape index (κ3) is 3.09. The van der Waals surface area contributed by atoms with Gasteiger partial charge >= 0.3 is 0 Å². The number of aromatic nitrogens is 2. The van der Waals surface area contributed by atoms with Gasteiger partial charge in [-0.25, -0.2) is 0 Å². The van der Waals surface area contributed by atoms with Crippen molar-refractivity contribution >= 4 is 5.91 Å². The van der Waals surface area contributed by atoms with Gasteiger partial charge < -0.3 is 9.64 Å². The zero-order valence-electron chi connectivity index (χ0n) is 14.2. The minimum atomic E-state index is -0.0497. The molecule has 1 aromatic carbocycles. The Morgan fingerprint density at radius 2 is 1.92 bits per heavy atom. The van der Waals surface area contributed by atoms with Crippen molar-refractivity contribution in [3.05, 3.63) is 53.3 Å². The predicted octanol–water partition coefficient (Wildman–Crippen LogP) is 3.28. The van der Waals surface area contributed by atoms with Crippen LogP contribution in [-0.2, 0) is 4.74 Å². The van der Waals surface area contributed by atoms with E-state index in [1.54, 1.807) is 0 Å². The lowest BCUT2D eigenvalue weighted by atomic mass is 10.0. The fourth-order valence-corrected chi connectivity index (χ4v) is 3.75. The van der Waals surface area contributed by atoms with E-state index in [1.807, 2.05) is 29.2 Å². The average molecular weight is 337 g/mol. The van der Waals surface area contributed by atoms with Gasteiger partial charge in [-0.2, -0.15) is 5.10 Å². The van der Waals surface area contributed by atoms with Gasteiger partial charge in [0.05, 0.1) is 12.6 Å². The summed E-state index contributed by atoms with van der Waals surface area (Å²) in [5, 5.41) is 7.33. The van der Waals surface area contributed by atoms with Crippen molar-refractivity contribution in [3.63, 3.8) is 0 Å². The Bertz CT molecular complexity index is 764. The van der Waals surface area contributed by atoms with Crippen LogP contribution in [0.15, 0.2) is 36.4 Å². The Hall–Kier alpha value is -2.14. The molecule has 2 heterocycles. The van der Waals surface area contributed by atoms with Crippen molar-refractivity contribution in [3.8, 4) is 0 Å². The molecule has 0 bridgehead atoms. The molecule has 1 aromatic heterocycles. The maximum Gasteiger partial charge on any atom is 0.274 e. The van der Waals surface area contributed by atoms with Crippen molar-refractivity contribution in [1.82, 2.24) is 15.1 Å². The van der Waals surface area contributed by atoms with E-state index in [9.17, 15) is 4.79 Å². The maximum absolute atomic E-state index is 13.0. The van der Waals surface area contributed by atoms with E-state index in [-0.39, 0.29) is 18.1 Å². The molecular weight excluding hydrogens is 314 g/mol. The van der Waals surface area contributed by atoms with Crippen molar-refractivity contribution < 1.29 is 9.53 Å². The Balaban J connectivity index is 1.37. The van der Waals surface area contributed by atoms with Crippen LogP contribution in [0.2, 0.25) is 0 Å². The molecule has 25 heavy (non-hydrogen) atoms. The Labute approximate surface area is 147 Å². The van der Waals surface area contributed by atoms with Crippen molar-refractivity contribution in [2.45, 2.75) is 43.8 Å². The maximum atomic E-state index is 13.0. The molecule has 0 spiro atoms. The smallest absolute Gasteiger partial charge is 0.274 e. The molecule has 3 aliphatic rings. The molecule has 5 rings (SSSR count). The highest BCUT2D eigenvalue weighted by molar-refractivity contribution is 5.92. The molecule has 2 aliphatic carbocycles. The van der Waals surface area contributed by atoms with Crippen LogP contribution in [0.4, 0.5) is 0 Å². The number of H-pyrrole nitrogens is 1. The Kier molecular flexibility index (Phi) is 3.63. The second-order valence-electron chi connectivity index (χ2n) is 7.60. The lowest BCUT2D eigenvalue weighted by Gasteiger charge is -2.38. The number of nitrogens with one attached hydrogen (secondary N) is 1. The number of ether oxygens (including phenoxy) is 1. The highest BCUT2D eigenvalue weighted by atomic mass is 16.5. The van der Waals surface area contributed by atoms with Gasteiger partial charge in [0.25, 0.3) is 5.91 Å². The highest BCUT2D eigenvalue weighted by Gasteiger charge is 2.40. The van der Waals surface area contributed by atoms with Crippen LogP contribution in [0.5, 0.6) is 0 Å². The van der Waals surface area contributed by atoms with Gasteiger partial charge in [-0.15, -0.1) is 0 Å². The normalized spacial score (nSPS) is 26.6. The molecular formula is C20H23N3O2. The Morgan fingerprint density at radius 3 is 2.64 bits per heavy atom. The monoisotopic (exact) mass is 337 g/mol. The first-order valence-corrected chi connectivity index (χ1v) is 9.33. The summed E-state index contributed by atoms with van der Waals surface area (Å²) in [5.74, 6) is 1.20. The van der Waals surface area contributed by atoms with Crippen molar-refractivity contribution in [2.75, 3.05) is 13.1 Å². The number of carbonyl (C=O) groups is 1. The van der Waals surface area contributed by atoms with Crippen LogP contribution >= 0.6 is 0 Å². The third-order valence-corrected chi connectivity index (χ3v) is 5.57. The number of hydrogen-bond acceptors (Lipinski definition) is 3. The fraction of sp³-hybridized carbons (Fsp3) is 0.500. The number of carbonyl (C=O) groups excluding carboxylic acids is 1. The van der Waals surface area contributed by atoms with Crippen molar-refractivity contribution in [2.24, 2.45) is 5.92 Å². The van der Waals surface area contributed by atoms with E-state index in [1.165, 1.54) is 25.7 Å². The minimum absolute atomic E-state index is 0.0260. The summed E-state index contributed by atoms with van der Waals surface area (Å²) in [6.07, 6.45) is 4.92. The van der Waals surface area contributed by atoms with Crippen LogP contribution in [0, 0.1) is 5.92 Å². The summed E-state index contributed by atoms with van der Waals surface area (Å²) in [7, 11) is 0.